The summed E-state index contributed by atoms with van der Waals surface area (Å²) in [5.41, 5.74) is 1.16. The molecule has 2 fully saturated rings. The Morgan fingerprint density at radius 1 is 1.12 bits per heavy atom. The van der Waals surface area contributed by atoms with E-state index < -0.39 is 15.8 Å². The largest absolute Gasteiger partial charge is 0.307 e. The first-order chi connectivity index (χ1) is 15.4. The molecule has 0 amide bonds. The zero-order valence-electron chi connectivity index (χ0n) is 17.6. The number of aromatic nitrogens is 3. The average molecular weight is 456 g/mol. The molecule has 5 rings (SSSR count). The number of nitrogens with one attached hydrogen (secondary N) is 1. The summed E-state index contributed by atoms with van der Waals surface area (Å²) in [6.45, 7) is 0.513. The lowest BCUT2D eigenvalue weighted by Crippen LogP contribution is -2.33. The van der Waals surface area contributed by atoms with Crippen LogP contribution in [0.25, 0.3) is 5.69 Å². The number of nitrogens with two attached hydrogens (primary N) is 1. The van der Waals surface area contributed by atoms with Crippen molar-refractivity contribution in [3.05, 3.63) is 71.6 Å². The highest BCUT2D eigenvalue weighted by molar-refractivity contribution is 7.89. The molecule has 0 radical (unpaired) electrons. The third kappa shape index (κ3) is 4.32. The standard InChI is InChI=1S/C23H26FN5O2S/c24-19-13-18(32(25,30)31)8-9-21(19)29-23(12-15-4-2-1-3-5-15)27-22(28-29)14-26-20-11-16-6-7-17(20)10-16/h1-5,8-9,13,16-17,20,26H,6-7,10-12,14H2,(H2,25,30,31)/t16-,17?,20-/m1/s1. The molecule has 7 nitrogen and oxygen atoms in total. The molecule has 0 aliphatic heterocycles. The first-order valence-electron chi connectivity index (χ1n) is 10.9. The number of halogens is 1. The molecule has 168 valence electrons. The van der Waals surface area contributed by atoms with Gasteiger partial charge in [-0.1, -0.05) is 36.8 Å². The van der Waals surface area contributed by atoms with E-state index in [9.17, 15) is 12.8 Å². The Morgan fingerprint density at radius 3 is 2.59 bits per heavy atom. The van der Waals surface area contributed by atoms with Crippen LogP contribution in [0, 0.1) is 17.7 Å². The lowest BCUT2D eigenvalue weighted by Gasteiger charge is -2.22. The van der Waals surface area contributed by atoms with Gasteiger partial charge in [-0.25, -0.2) is 27.6 Å². The minimum atomic E-state index is -4.00. The van der Waals surface area contributed by atoms with Crippen LogP contribution in [0.5, 0.6) is 0 Å². The second kappa shape index (κ2) is 8.38. The first-order valence-corrected chi connectivity index (χ1v) is 12.5. The highest BCUT2D eigenvalue weighted by atomic mass is 32.2. The molecule has 2 aliphatic rings. The molecule has 2 saturated carbocycles. The molecule has 1 heterocycles. The maximum absolute atomic E-state index is 14.9. The van der Waals surface area contributed by atoms with E-state index >= 15 is 0 Å². The summed E-state index contributed by atoms with van der Waals surface area (Å²) < 4.78 is 39.5. The molecule has 1 aromatic heterocycles. The first kappa shape index (κ1) is 21.2. The summed E-state index contributed by atoms with van der Waals surface area (Å²) in [5.74, 6) is 2.03. The molecule has 2 aliphatic carbocycles. The topological polar surface area (TPSA) is 103 Å². The van der Waals surface area contributed by atoms with Gasteiger partial charge in [0.05, 0.1) is 11.4 Å². The zero-order valence-corrected chi connectivity index (χ0v) is 18.4. The number of hydrogen-bond acceptors (Lipinski definition) is 5. The molecular weight excluding hydrogens is 429 g/mol. The van der Waals surface area contributed by atoms with Crippen LogP contribution in [0.2, 0.25) is 0 Å². The fourth-order valence-electron chi connectivity index (χ4n) is 5.11. The van der Waals surface area contributed by atoms with Crippen molar-refractivity contribution in [1.29, 1.82) is 0 Å². The Hall–Kier alpha value is -2.62. The number of fused-ring (bicyclic) bond motifs is 2. The molecule has 3 N–H and O–H groups in total. The van der Waals surface area contributed by atoms with Crippen LogP contribution in [-0.4, -0.2) is 29.2 Å². The van der Waals surface area contributed by atoms with E-state index in [0.29, 0.717) is 30.7 Å². The normalized spacial score (nSPS) is 22.5. The van der Waals surface area contributed by atoms with Crippen molar-refractivity contribution in [2.24, 2.45) is 17.0 Å². The molecular formula is C23H26FN5O2S. The molecule has 2 bridgehead atoms. The number of primary sulfonamides is 1. The SMILES string of the molecule is NS(=O)(=O)c1ccc(-n2nc(CN[C@@H]3C[C@@H]4CCC3C4)nc2Cc2ccccc2)c(F)c1. The lowest BCUT2D eigenvalue weighted by molar-refractivity contribution is 0.348. The van der Waals surface area contributed by atoms with Crippen molar-refractivity contribution in [1.82, 2.24) is 20.1 Å². The fourth-order valence-corrected chi connectivity index (χ4v) is 5.63. The third-order valence-electron chi connectivity index (χ3n) is 6.66. The van der Waals surface area contributed by atoms with Gasteiger partial charge in [-0.05, 0) is 54.9 Å². The molecule has 3 atom stereocenters. The predicted octanol–water partition coefficient (Wildman–Crippen LogP) is 2.92. The second-order valence-corrected chi connectivity index (χ2v) is 10.4. The van der Waals surface area contributed by atoms with E-state index in [4.69, 9.17) is 10.1 Å². The maximum Gasteiger partial charge on any atom is 0.238 e. The minimum absolute atomic E-state index is 0.141. The van der Waals surface area contributed by atoms with Gasteiger partial charge in [0, 0.05) is 12.5 Å². The van der Waals surface area contributed by atoms with Gasteiger partial charge in [-0.15, -0.1) is 5.10 Å². The summed E-state index contributed by atoms with van der Waals surface area (Å²) in [6.07, 6.45) is 5.60. The van der Waals surface area contributed by atoms with Crippen molar-refractivity contribution >= 4 is 10.0 Å². The van der Waals surface area contributed by atoms with E-state index in [1.165, 1.54) is 42.5 Å². The smallest absolute Gasteiger partial charge is 0.238 e. The summed E-state index contributed by atoms with van der Waals surface area (Å²) in [5, 5.41) is 13.3. The van der Waals surface area contributed by atoms with Crippen molar-refractivity contribution in [2.75, 3.05) is 0 Å². The molecule has 2 aromatic carbocycles. The minimum Gasteiger partial charge on any atom is -0.307 e. The summed E-state index contributed by atoms with van der Waals surface area (Å²) in [7, 11) is -4.00. The Balaban J connectivity index is 1.44. The lowest BCUT2D eigenvalue weighted by atomic mass is 9.95. The molecule has 32 heavy (non-hydrogen) atoms. The van der Waals surface area contributed by atoms with Crippen LogP contribution in [-0.2, 0) is 23.0 Å². The quantitative estimate of drug-likeness (QED) is 0.570. The number of rotatable bonds is 7. The molecule has 3 aromatic rings. The van der Waals surface area contributed by atoms with Gasteiger partial charge in [0.1, 0.15) is 17.3 Å². The van der Waals surface area contributed by atoms with Crippen molar-refractivity contribution in [3.63, 3.8) is 0 Å². The second-order valence-electron chi connectivity index (χ2n) is 8.84. The van der Waals surface area contributed by atoms with E-state index in [1.807, 2.05) is 30.3 Å². The summed E-state index contributed by atoms with van der Waals surface area (Å²) in [4.78, 5) is 4.42. The monoisotopic (exact) mass is 455 g/mol. The van der Waals surface area contributed by atoms with E-state index in [2.05, 4.69) is 10.4 Å². The third-order valence-corrected chi connectivity index (χ3v) is 7.57. The average Bonchev–Trinajstić information content (AvgIpc) is 3.48. The Kier molecular flexibility index (Phi) is 5.56. The predicted molar refractivity (Wildman–Crippen MR) is 118 cm³/mol. The van der Waals surface area contributed by atoms with Crippen LogP contribution < -0.4 is 10.5 Å². The van der Waals surface area contributed by atoms with Gasteiger partial charge >= 0.3 is 0 Å². The van der Waals surface area contributed by atoms with Crippen LogP contribution >= 0.6 is 0 Å². The van der Waals surface area contributed by atoms with Crippen molar-refractivity contribution in [3.8, 4) is 5.69 Å². The van der Waals surface area contributed by atoms with Gasteiger partial charge in [-0.2, -0.15) is 0 Å². The van der Waals surface area contributed by atoms with E-state index in [1.54, 1.807) is 0 Å². The van der Waals surface area contributed by atoms with Gasteiger partial charge in [0.25, 0.3) is 0 Å². The van der Waals surface area contributed by atoms with Gasteiger partial charge in [-0.3, -0.25) is 0 Å². The van der Waals surface area contributed by atoms with Crippen molar-refractivity contribution in [2.45, 2.75) is 49.6 Å². The number of benzene rings is 2. The Labute approximate surface area is 186 Å². The van der Waals surface area contributed by atoms with Crippen LogP contribution in [0.4, 0.5) is 4.39 Å². The van der Waals surface area contributed by atoms with Gasteiger partial charge < -0.3 is 5.32 Å². The molecule has 1 unspecified atom stereocenters. The number of nitrogens with zero attached hydrogens (tertiary/aromatic N) is 3. The fraction of sp³-hybridized carbons (Fsp3) is 0.391. The highest BCUT2D eigenvalue weighted by Crippen LogP contribution is 2.44. The van der Waals surface area contributed by atoms with Gasteiger partial charge in [0.2, 0.25) is 10.0 Å². The van der Waals surface area contributed by atoms with Crippen LogP contribution in [0.1, 0.15) is 42.9 Å². The van der Waals surface area contributed by atoms with E-state index in [0.717, 1.165) is 23.5 Å². The Bertz CT molecular complexity index is 1230. The van der Waals surface area contributed by atoms with E-state index in [-0.39, 0.29) is 10.6 Å². The maximum atomic E-state index is 14.9. The Morgan fingerprint density at radius 2 is 1.94 bits per heavy atom. The van der Waals surface area contributed by atoms with Crippen molar-refractivity contribution < 1.29 is 12.8 Å². The molecule has 0 saturated heterocycles. The molecule has 0 spiro atoms. The van der Waals surface area contributed by atoms with Crippen LogP contribution in [0.3, 0.4) is 0 Å². The highest BCUT2D eigenvalue weighted by Gasteiger charge is 2.39. The van der Waals surface area contributed by atoms with Crippen LogP contribution in [0.15, 0.2) is 53.4 Å². The number of hydrogen-bond donors (Lipinski definition) is 2. The summed E-state index contributed by atoms with van der Waals surface area (Å²) in [6, 6.07) is 13.9. The zero-order chi connectivity index (χ0) is 22.3. The van der Waals surface area contributed by atoms with Gasteiger partial charge in [0.15, 0.2) is 5.82 Å². The molecule has 9 heteroatoms. The summed E-state index contributed by atoms with van der Waals surface area (Å²) >= 11 is 0. The number of sulfonamides is 1.